The van der Waals surface area contributed by atoms with Crippen LogP contribution in [0.4, 0.5) is 4.79 Å². The van der Waals surface area contributed by atoms with E-state index in [1.807, 2.05) is 12.1 Å². The van der Waals surface area contributed by atoms with Crippen molar-refractivity contribution in [2.24, 2.45) is 0 Å². The second kappa shape index (κ2) is 8.71. The monoisotopic (exact) mass is 414 g/mol. The molecular weight excluding hydrogens is 388 g/mol. The molecular formula is C22H26N2O6. The molecule has 0 aliphatic carbocycles. The van der Waals surface area contributed by atoms with Crippen LogP contribution in [0, 0.1) is 6.92 Å². The van der Waals surface area contributed by atoms with Crippen LogP contribution >= 0.6 is 0 Å². The highest BCUT2D eigenvalue weighted by molar-refractivity contribution is 6.06. The molecule has 30 heavy (non-hydrogen) atoms. The number of ketones is 1. The number of Topliss-reactive ketones (excluding diaryl/α,β-unsaturated/α-hetero) is 1. The first-order chi connectivity index (χ1) is 14.2. The van der Waals surface area contributed by atoms with Crippen LogP contribution < -0.4 is 10.1 Å². The van der Waals surface area contributed by atoms with Gasteiger partial charge in [0.05, 0.1) is 6.54 Å². The molecule has 0 radical (unpaired) electrons. The Morgan fingerprint density at radius 2 is 1.93 bits per heavy atom. The van der Waals surface area contributed by atoms with Crippen LogP contribution in [-0.4, -0.2) is 47.0 Å². The van der Waals surface area contributed by atoms with Crippen molar-refractivity contribution in [1.29, 1.82) is 0 Å². The zero-order valence-corrected chi connectivity index (χ0v) is 17.3. The van der Waals surface area contributed by atoms with Gasteiger partial charge in [-0.1, -0.05) is 12.1 Å². The first-order valence-electron chi connectivity index (χ1n) is 9.79. The topological polar surface area (TPSA) is 109 Å². The summed E-state index contributed by atoms with van der Waals surface area (Å²) in [6, 6.07) is 10.0. The summed E-state index contributed by atoms with van der Waals surface area (Å²) in [7, 11) is 0. The van der Waals surface area contributed by atoms with Crippen molar-refractivity contribution in [2.45, 2.75) is 45.3 Å². The lowest BCUT2D eigenvalue weighted by Gasteiger charge is -2.21. The number of carbonyl (C=O) groups is 3. The standard InChI is InChI=1S/C22H26N2O6/c1-14(25)4-6-16-7-9-18(10-8-16)29-13-17(26)12-24-20(27)22(3,23-21(24)28)19-11-5-15(2)30-19/h5,7-11,17,26H,4,6,12-13H2,1-3H3,(H,23,28). The number of nitrogens with zero attached hydrogens (tertiary/aromatic N) is 1. The molecule has 160 valence electrons. The van der Waals surface area contributed by atoms with Crippen LogP contribution in [0.15, 0.2) is 40.8 Å². The van der Waals surface area contributed by atoms with Crippen molar-refractivity contribution in [3.63, 3.8) is 0 Å². The van der Waals surface area contributed by atoms with Gasteiger partial charge in [0.1, 0.15) is 35.8 Å². The maximum Gasteiger partial charge on any atom is 0.325 e. The predicted octanol–water partition coefficient (Wildman–Crippen LogP) is 2.32. The largest absolute Gasteiger partial charge is 0.491 e. The van der Waals surface area contributed by atoms with Crippen molar-refractivity contribution in [1.82, 2.24) is 10.2 Å². The third-order valence-electron chi connectivity index (χ3n) is 5.03. The summed E-state index contributed by atoms with van der Waals surface area (Å²) in [5.41, 5.74) is -0.286. The van der Waals surface area contributed by atoms with E-state index < -0.39 is 23.6 Å². The molecule has 1 aliphatic heterocycles. The fourth-order valence-electron chi connectivity index (χ4n) is 3.26. The number of aliphatic hydroxyl groups excluding tert-OH is 1. The zero-order valence-electron chi connectivity index (χ0n) is 17.3. The van der Waals surface area contributed by atoms with Crippen LogP contribution in [-0.2, 0) is 21.5 Å². The average molecular weight is 414 g/mol. The van der Waals surface area contributed by atoms with Gasteiger partial charge in [0.25, 0.3) is 5.91 Å². The summed E-state index contributed by atoms with van der Waals surface area (Å²) in [4.78, 5) is 37.2. The van der Waals surface area contributed by atoms with Gasteiger partial charge in [0.15, 0.2) is 5.54 Å². The number of carbonyl (C=O) groups excluding carboxylic acids is 3. The van der Waals surface area contributed by atoms with Crippen LogP contribution in [0.3, 0.4) is 0 Å². The first kappa shape index (κ1) is 21.6. The highest BCUT2D eigenvalue weighted by Gasteiger charge is 2.51. The fourth-order valence-corrected chi connectivity index (χ4v) is 3.26. The Morgan fingerprint density at radius 1 is 1.23 bits per heavy atom. The van der Waals surface area contributed by atoms with E-state index >= 15 is 0 Å². The van der Waals surface area contributed by atoms with Crippen LogP contribution in [0.5, 0.6) is 5.75 Å². The molecule has 2 N–H and O–H groups in total. The van der Waals surface area contributed by atoms with Gasteiger partial charge >= 0.3 is 6.03 Å². The van der Waals surface area contributed by atoms with Crippen molar-refractivity contribution < 1.29 is 28.6 Å². The van der Waals surface area contributed by atoms with Gasteiger partial charge in [-0.15, -0.1) is 0 Å². The van der Waals surface area contributed by atoms with Crippen LogP contribution in [0.2, 0.25) is 0 Å². The summed E-state index contributed by atoms with van der Waals surface area (Å²) in [6.45, 7) is 4.60. The number of urea groups is 1. The van der Waals surface area contributed by atoms with Crippen molar-refractivity contribution in [2.75, 3.05) is 13.2 Å². The normalized spacial score (nSPS) is 19.7. The third kappa shape index (κ3) is 4.71. The molecule has 2 atom stereocenters. The van der Waals surface area contributed by atoms with Gasteiger partial charge in [-0.25, -0.2) is 4.79 Å². The zero-order chi connectivity index (χ0) is 21.9. The molecule has 2 heterocycles. The Kier molecular flexibility index (Phi) is 6.26. The number of rotatable bonds is 9. The lowest BCUT2D eigenvalue weighted by atomic mass is 9.99. The number of β-amino-alcohol motifs (C(OH)–C–C–N with tert-alkyl or cyclic N) is 1. The molecule has 2 unspecified atom stereocenters. The molecule has 3 amide bonds. The molecule has 0 bridgehead atoms. The highest BCUT2D eigenvalue weighted by atomic mass is 16.5. The summed E-state index contributed by atoms with van der Waals surface area (Å²) in [6.07, 6.45) is 0.0949. The predicted molar refractivity (Wildman–Crippen MR) is 108 cm³/mol. The summed E-state index contributed by atoms with van der Waals surface area (Å²) in [5, 5.41) is 12.9. The third-order valence-corrected chi connectivity index (χ3v) is 5.03. The molecule has 1 aliphatic rings. The molecule has 0 saturated carbocycles. The van der Waals surface area contributed by atoms with Crippen LogP contribution in [0.1, 0.15) is 37.4 Å². The van der Waals surface area contributed by atoms with Crippen molar-refractivity contribution in [3.8, 4) is 5.75 Å². The number of furan rings is 1. The molecule has 8 heteroatoms. The Morgan fingerprint density at radius 3 is 2.53 bits per heavy atom. The number of hydrogen-bond acceptors (Lipinski definition) is 6. The molecule has 2 aromatic rings. The Bertz CT molecular complexity index is 935. The maximum atomic E-state index is 12.8. The molecule has 1 aromatic heterocycles. The van der Waals surface area contributed by atoms with E-state index in [0.717, 1.165) is 10.5 Å². The Labute approximate surface area is 174 Å². The first-order valence-corrected chi connectivity index (χ1v) is 9.79. The van der Waals surface area contributed by atoms with E-state index in [1.54, 1.807) is 45.0 Å². The van der Waals surface area contributed by atoms with E-state index in [2.05, 4.69) is 5.32 Å². The van der Waals surface area contributed by atoms with Gasteiger partial charge in [0, 0.05) is 6.42 Å². The van der Waals surface area contributed by atoms with Crippen molar-refractivity contribution >= 4 is 17.7 Å². The summed E-state index contributed by atoms with van der Waals surface area (Å²) >= 11 is 0. The smallest absolute Gasteiger partial charge is 0.325 e. The number of nitrogens with one attached hydrogen (secondary N) is 1. The molecule has 0 spiro atoms. The summed E-state index contributed by atoms with van der Waals surface area (Å²) < 4.78 is 11.1. The van der Waals surface area contributed by atoms with Gasteiger partial charge in [0.2, 0.25) is 0 Å². The molecule has 8 nitrogen and oxygen atoms in total. The van der Waals surface area contributed by atoms with Gasteiger partial charge in [-0.2, -0.15) is 0 Å². The quantitative estimate of drug-likeness (QED) is 0.610. The minimum Gasteiger partial charge on any atom is -0.491 e. The number of hydrogen-bond donors (Lipinski definition) is 2. The second-order valence-electron chi connectivity index (χ2n) is 7.69. The number of amides is 3. The van der Waals surface area contributed by atoms with Gasteiger partial charge < -0.3 is 24.4 Å². The second-order valence-corrected chi connectivity index (χ2v) is 7.69. The highest BCUT2D eigenvalue weighted by Crippen LogP contribution is 2.30. The molecule has 1 fully saturated rings. The number of aliphatic hydroxyl groups is 1. The lowest BCUT2D eigenvalue weighted by Crippen LogP contribution is -2.42. The molecule has 1 saturated heterocycles. The van der Waals surface area contributed by atoms with Crippen molar-refractivity contribution in [3.05, 3.63) is 53.5 Å². The van der Waals surface area contributed by atoms with Gasteiger partial charge in [-0.05, 0) is 57.0 Å². The number of benzene rings is 1. The minimum atomic E-state index is -1.30. The summed E-state index contributed by atoms with van der Waals surface area (Å²) in [5.74, 6) is 1.17. The molecule has 3 rings (SSSR count). The Hall–Kier alpha value is -3.13. The average Bonchev–Trinajstić information content (AvgIpc) is 3.23. The van der Waals surface area contributed by atoms with E-state index in [1.165, 1.54) is 0 Å². The van der Waals surface area contributed by atoms with E-state index in [-0.39, 0.29) is 18.9 Å². The molecule has 1 aromatic carbocycles. The Balaban J connectivity index is 1.54. The van der Waals surface area contributed by atoms with Crippen LogP contribution in [0.25, 0.3) is 0 Å². The fraction of sp³-hybridized carbons (Fsp3) is 0.409. The number of aryl methyl sites for hydroxylation is 2. The van der Waals surface area contributed by atoms with E-state index in [9.17, 15) is 19.5 Å². The maximum absolute atomic E-state index is 12.8. The SMILES string of the molecule is CC(=O)CCc1ccc(OCC(O)CN2C(=O)NC(C)(c3ccc(C)o3)C2=O)cc1. The van der Waals surface area contributed by atoms with Gasteiger partial charge in [-0.3, -0.25) is 9.69 Å². The number of imide groups is 1. The van der Waals surface area contributed by atoms with E-state index in [4.69, 9.17) is 9.15 Å². The minimum absolute atomic E-state index is 0.0829. The lowest BCUT2D eigenvalue weighted by molar-refractivity contribution is -0.132. The van der Waals surface area contributed by atoms with E-state index in [0.29, 0.717) is 30.1 Å². The number of ether oxygens (including phenoxy) is 1.